The summed E-state index contributed by atoms with van der Waals surface area (Å²) in [5.74, 6) is 0.648. The molecule has 1 fully saturated rings. The summed E-state index contributed by atoms with van der Waals surface area (Å²) in [5.41, 5.74) is 8.42. The van der Waals surface area contributed by atoms with Gasteiger partial charge in [-0.15, -0.1) is 24.8 Å². The Bertz CT molecular complexity index is 472. The first-order chi connectivity index (χ1) is 8.99. The molecule has 2 N–H and O–H groups in total. The molecule has 0 radical (unpaired) electrons. The Balaban J connectivity index is 0.00000200. The maximum atomic E-state index is 12.5. The van der Waals surface area contributed by atoms with Gasteiger partial charge in [-0.3, -0.25) is 9.78 Å². The van der Waals surface area contributed by atoms with E-state index in [-0.39, 0.29) is 36.8 Å². The number of aromatic nitrogens is 1. The van der Waals surface area contributed by atoms with Gasteiger partial charge in [-0.05, 0) is 51.7 Å². The van der Waals surface area contributed by atoms with Crippen LogP contribution in [0.2, 0.25) is 0 Å². The number of hydrogen-bond acceptors (Lipinski definition) is 3. The highest BCUT2D eigenvalue weighted by Gasteiger charge is 2.26. The van der Waals surface area contributed by atoms with Crippen LogP contribution in [-0.4, -0.2) is 34.9 Å². The molecule has 0 saturated carbocycles. The smallest absolute Gasteiger partial charge is 0.255 e. The lowest BCUT2D eigenvalue weighted by Crippen LogP contribution is -2.42. The van der Waals surface area contributed by atoms with E-state index in [4.69, 9.17) is 5.73 Å². The molecule has 1 aromatic heterocycles. The van der Waals surface area contributed by atoms with Crippen LogP contribution in [0.5, 0.6) is 0 Å². The zero-order valence-corrected chi connectivity index (χ0v) is 14.5. The number of rotatable bonds is 2. The van der Waals surface area contributed by atoms with Crippen molar-refractivity contribution in [3.05, 3.63) is 29.1 Å². The topological polar surface area (TPSA) is 59.2 Å². The van der Waals surface area contributed by atoms with Crippen molar-refractivity contribution in [3.63, 3.8) is 0 Å². The number of nitrogens with zero attached hydrogens (tertiary/aromatic N) is 2. The second-order valence-corrected chi connectivity index (χ2v) is 5.57. The number of piperidine rings is 1. The minimum Gasteiger partial charge on any atom is -0.339 e. The lowest BCUT2D eigenvalue weighted by Gasteiger charge is -2.34. The summed E-state index contributed by atoms with van der Waals surface area (Å²) < 4.78 is 0. The quantitative estimate of drug-likeness (QED) is 0.905. The molecule has 1 amide bonds. The Kier molecular flexibility index (Phi) is 8.22. The van der Waals surface area contributed by atoms with E-state index >= 15 is 0 Å². The van der Waals surface area contributed by atoms with Crippen molar-refractivity contribution < 1.29 is 4.79 Å². The molecular formula is C15H25Cl2N3O. The van der Waals surface area contributed by atoms with Gasteiger partial charge in [-0.2, -0.15) is 0 Å². The first kappa shape index (κ1) is 20.2. The third-order valence-electron chi connectivity index (χ3n) is 4.03. The van der Waals surface area contributed by atoms with Gasteiger partial charge in [0.25, 0.3) is 5.91 Å². The van der Waals surface area contributed by atoms with Crippen molar-refractivity contribution in [1.82, 2.24) is 9.88 Å². The molecule has 1 atom stereocenters. The normalized spacial score (nSPS) is 16.7. The molecule has 0 bridgehead atoms. The average molecular weight is 334 g/mol. The number of hydrogen-bond donors (Lipinski definition) is 1. The third kappa shape index (κ3) is 4.83. The predicted molar refractivity (Wildman–Crippen MR) is 90.5 cm³/mol. The molecular weight excluding hydrogens is 309 g/mol. The summed E-state index contributed by atoms with van der Waals surface area (Å²) in [7, 11) is 0. The Labute approximate surface area is 139 Å². The summed E-state index contributed by atoms with van der Waals surface area (Å²) in [6.07, 6.45) is 2.00. The van der Waals surface area contributed by atoms with Gasteiger partial charge in [-0.25, -0.2) is 0 Å². The largest absolute Gasteiger partial charge is 0.339 e. The molecule has 2 rings (SSSR count). The van der Waals surface area contributed by atoms with E-state index in [0.29, 0.717) is 5.92 Å². The number of likely N-dealkylation sites (tertiary alicyclic amines) is 1. The van der Waals surface area contributed by atoms with Crippen molar-refractivity contribution in [1.29, 1.82) is 0 Å². The second-order valence-electron chi connectivity index (χ2n) is 5.57. The first-order valence-corrected chi connectivity index (χ1v) is 6.98. The molecule has 21 heavy (non-hydrogen) atoms. The van der Waals surface area contributed by atoms with Gasteiger partial charge < -0.3 is 10.6 Å². The number of pyridine rings is 1. The minimum absolute atomic E-state index is 0. The predicted octanol–water partition coefficient (Wildman–Crippen LogP) is 2.74. The van der Waals surface area contributed by atoms with Gasteiger partial charge in [0.05, 0.1) is 11.3 Å². The molecule has 1 aliphatic rings. The summed E-state index contributed by atoms with van der Waals surface area (Å²) in [5, 5.41) is 0. The van der Waals surface area contributed by atoms with Crippen LogP contribution >= 0.6 is 24.8 Å². The fourth-order valence-electron chi connectivity index (χ4n) is 2.71. The molecule has 6 heteroatoms. The van der Waals surface area contributed by atoms with Gasteiger partial charge in [0, 0.05) is 24.8 Å². The Morgan fingerprint density at radius 1 is 1.29 bits per heavy atom. The van der Waals surface area contributed by atoms with Crippen LogP contribution in [0.4, 0.5) is 0 Å². The Hall–Kier alpha value is -0.840. The van der Waals surface area contributed by atoms with Gasteiger partial charge in [0.2, 0.25) is 0 Å². The number of carbonyl (C=O) groups excluding carboxylic acids is 1. The molecule has 1 aromatic rings. The van der Waals surface area contributed by atoms with Crippen LogP contribution in [0.15, 0.2) is 12.1 Å². The maximum absolute atomic E-state index is 12.5. The van der Waals surface area contributed by atoms with Gasteiger partial charge >= 0.3 is 0 Å². The summed E-state index contributed by atoms with van der Waals surface area (Å²) in [4.78, 5) is 18.8. The second kappa shape index (κ2) is 8.57. The third-order valence-corrected chi connectivity index (χ3v) is 4.03. The lowest BCUT2D eigenvalue weighted by atomic mass is 9.90. The summed E-state index contributed by atoms with van der Waals surface area (Å²) in [6.45, 7) is 7.50. The van der Waals surface area contributed by atoms with Gasteiger partial charge in [0.15, 0.2) is 0 Å². The van der Waals surface area contributed by atoms with Crippen molar-refractivity contribution in [3.8, 4) is 0 Å². The van der Waals surface area contributed by atoms with Crippen molar-refractivity contribution in [2.75, 3.05) is 13.1 Å². The summed E-state index contributed by atoms with van der Waals surface area (Å²) >= 11 is 0. The van der Waals surface area contributed by atoms with E-state index in [0.717, 1.165) is 42.9 Å². The standard InChI is InChI=1S/C15H23N3O.2ClH/c1-10-4-5-14(12(3)17-10)15(19)18-8-6-13(7-9-18)11(2)16;;/h4-5,11,13H,6-9,16H2,1-3H3;2*1H. The molecule has 4 nitrogen and oxygen atoms in total. The number of nitrogens with two attached hydrogens (primary N) is 1. The van der Waals surface area contributed by atoms with E-state index in [2.05, 4.69) is 11.9 Å². The number of amides is 1. The highest BCUT2D eigenvalue weighted by Crippen LogP contribution is 2.21. The highest BCUT2D eigenvalue weighted by molar-refractivity contribution is 5.95. The van der Waals surface area contributed by atoms with Crippen LogP contribution in [-0.2, 0) is 0 Å². The van der Waals surface area contributed by atoms with E-state index < -0.39 is 0 Å². The average Bonchev–Trinajstić information content (AvgIpc) is 2.38. The maximum Gasteiger partial charge on any atom is 0.255 e. The number of aryl methyl sites for hydroxylation is 2. The molecule has 1 aliphatic heterocycles. The van der Waals surface area contributed by atoms with Gasteiger partial charge in [0.1, 0.15) is 0 Å². The lowest BCUT2D eigenvalue weighted by molar-refractivity contribution is 0.0679. The number of carbonyl (C=O) groups is 1. The van der Waals surface area contributed by atoms with Crippen LogP contribution in [0.25, 0.3) is 0 Å². The van der Waals surface area contributed by atoms with Crippen LogP contribution in [0, 0.1) is 19.8 Å². The molecule has 0 spiro atoms. The zero-order chi connectivity index (χ0) is 14.0. The molecule has 2 heterocycles. The van der Waals surface area contributed by atoms with Crippen LogP contribution in [0.1, 0.15) is 41.5 Å². The van der Waals surface area contributed by atoms with Crippen molar-refractivity contribution >= 4 is 30.7 Å². The van der Waals surface area contributed by atoms with E-state index in [9.17, 15) is 4.79 Å². The Morgan fingerprint density at radius 3 is 2.33 bits per heavy atom. The molecule has 0 aromatic carbocycles. The SMILES string of the molecule is Cc1ccc(C(=O)N2CCC(C(C)N)CC2)c(C)n1.Cl.Cl. The molecule has 0 aliphatic carbocycles. The minimum atomic E-state index is 0. The van der Waals surface area contributed by atoms with Crippen molar-refractivity contribution in [2.24, 2.45) is 11.7 Å². The van der Waals surface area contributed by atoms with E-state index in [1.54, 1.807) is 0 Å². The van der Waals surface area contributed by atoms with E-state index in [1.807, 2.05) is 30.9 Å². The molecule has 120 valence electrons. The highest BCUT2D eigenvalue weighted by atomic mass is 35.5. The molecule has 1 saturated heterocycles. The fourth-order valence-corrected chi connectivity index (χ4v) is 2.71. The van der Waals surface area contributed by atoms with Gasteiger partial charge in [-0.1, -0.05) is 0 Å². The first-order valence-electron chi connectivity index (χ1n) is 6.98. The van der Waals surface area contributed by atoms with Crippen LogP contribution < -0.4 is 5.73 Å². The Morgan fingerprint density at radius 2 is 1.86 bits per heavy atom. The summed E-state index contributed by atoms with van der Waals surface area (Å²) in [6, 6.07) is 4.01. The van der Waals surface area contributed by atoms with Crippen LogP contribution in [0.3, 0.4) is 0 Å². The van der Waals surface area contributed by atoms with Crippen molar-refractivity contribution in [2.45, 2.75) is 39.7 Å². The molecule has 1 unspecified atom stereocenters. The van der Waals surface area contributed by atoms with E-state index in [1.165, 1.54) is 0 Å². The number of halogens is 2. The fraction of sp³-hybridized carbons (Fsp3) is 0.600. The zero-order valence-electron chi connectivity index (χ0n) is 12.8. The monoisotopic (exact) mass is 333 g/mol.